The standard InChI is InChI=1S/C9H18IN3/c1-8(10)12-2-4-13(5-3-12)9-6-11-7-9/h8-9,11H,2-7H2,1H3/t8-/m1/s1. The zero-order valence-electron chi connectivity index (χ0n) is 8.17. The predicted octanol–water partition coefficient (Wildman–Crippen LogP) is 0.357. The van der Waals surface area contributed by atoms with Crippen molar-refractivity contribution in [2.45, 2.75) is 17.0 Å². The summed E-state index contributed by atoms with van der Waals surface area (Å²) in [6.07, 6.45) is 0. The molecule has 0 radical (unpaired) electrons. The van der Waals surface area contributed by atoms with Crippen molar-refractivity contribution in [2.24, 2.45) is 0 Å². The molecule has 2 aliphatic rings. The highest BCUT2D eigenvalue weighted by atomic mass is 127. The topological polar surface area (TPSA) is 18.5 Å². The summed E-state index contributed by atoms with van der Waals surface area (Å²) in [5, 5.41) is 3.34. The van der Waals surface area contributed by atoms with Gasteiger partial charge >= 0.3 is 0 Å². The summed E-state index contributed by atoms with van der Waals surface area (Å²) in [7, 11) is 0. The summed E-state index contributed by atoms with van der Waals surface area (Å²) < 4.78 is 0.694. The summed E-state index contributed by atoms with van der Waals surface area (Å²) in [5.41, 5.74) is 0. The van der Waals surface area contributed by atoms with Gasteiger partial charge in [0.15, 0.2) is 0 Å². The minimum absolute atomic E-state index is 0.694. The van der Waals surface area contributed by atoms with Crippen LogP contribution in [0.15, 0.2) is 0 Å². The largest absolute Gasteiger partial charge is 0.314 e. The first-order chi connectivity index (χ1) is 6.27. The van der Waals surface area contributed by atoms with Gasteiger partial charge in [0, 0.05) is 45.3 Å². The highest BCUT2D eigenvalue weighted by Gasteiger charge is 2.28. The van der Waals surface area contributed by atoms with Gasteiger partial charge in [-0.2, -0.15) is 0 Å². The Hall–Kier alpha value is 0.610. The smallest absolute Gasteiger partial charge is 0.0590 e. The third-order valence-corrected chi connectivity index (χ3v) is 3.92. The van der Waals surface area contributed by atoms with Crippen LogP contribution in [0.3, 0.4) is 0 Å². The van der Waals surface area contributed by atoms with Gasteiger partial charge in [-0.3, -0.25) is 9.80 Å². The van der Waals surface area contributed by atoms with Crippen LogP contribution in [-0.4, -0.2) is 59.2 Å². The van der Waals surface area contributed by atoms with Crippen LogP contribution < -0.4 is 5.32 Å². The zero-order chi connectivity index (χ0) is 9.26. The molecule has 76 valence electrons. The van der Waals surface area contributed by atoms with Gasteiger partial charge in [-0.05, 0) is 6.92 Å². The highest BCUT2D eigenvalue weighted by molar-refractivity contribution is 14.1. The van der Waals surface area contributed by atoms with Crippen molar-refractivity contribution in [2.75, 3.05) is 39.3 Å². The first kappa shape index (κ1) is 10.1. The van der Waals surface area contributed by atoms with E-state index in [1.807, 2.05) is 0 Å². The van der Waals surface area contributed by atoms with Crippen LogP contribution in [0.25, 0.3) is 0 Å². The lowest BCUT2D eigenvalue weighted by Gasteiger charge is -2.43. The van der Waals surface area contributed by atoms with E-state index in [1.165, 1.54) is 39.3 Å². The van der Waals surface area contributed by atoms with E-state index >= 15 is 0 Å². The molecule has 1 N–H and O–H groups in total. The molecule has 0 bridgehead atoms. The van der Waals surface area contributed by atoms with E-state index in [2.05, 4.69) is 44.6 Å². The third kappa shape index (κ3) is 2.34. The van der Waals surface area contributed by atoms with Crippen LogP contribution in [0.2, 0.25) is 0 Å². The van der Waals surface area contributed by atoms with Crippen molar-refractivity contribution in [1.82, 2.24) is 15.1 Å². The number of nitrogens with zero attached hydrogens (tertiary/aromatic N) is 2. The molecule has 2 saturated heterocycles. The maximum atomic E-state index is 3.34. The Morgan fingerprint density at radius 2 is 1.85 bits per heavy atom. The molecule has 2 aliphatic heterocycles. The van der Waals surface area contributed by atoms with Gasteiger partial charge in [-0.25, -0.2) is 0 Å². The van der Waals surface area contributed by atoms with Crippen LogP contribution in [0.4, 0.5) is 0 Å². The monoisotopic (exact) mass is 295 g/mol. The number of hydrogen-bond acceptors (Lipinski definition) is 3. The molecule has 0 aliphatic carbocycles. The van der Waals surface area contributed by atoms with Gasteiger partial charge < -0.3 is 5.32 Å². The van der Waals surface area contributed by atoms with E-state index in [1.54, 1.807) is 0 Å². The Morgan fingerprint density at radius 3 is 2.23 bits per heavy atom. The average molecular weight is 295 g/mol. The van der Waals surface area contributed by atoms with E-state index in [-0.39, 0.29) is 0 Å². The van der Waals surface area contributed by atoms with Crippen molar-refractivity contribution in [3.8, 4) is 0 Å². The van der Waals surface area contributed by atoms with E-state index in [0.717, 1.165) is 6.04 Å². The maximum absolute atomic E-state index is 3.34. The van der Waals surface area contributed by atoms with E-state index in [0.29, 0.717) is 4.05 Å². The number of halogens is 1. The molecule has 3 nitrogen and oxygen atoms in total. The fourth-order valence-electron chi connectivity index (χ4n) is 1.99. The second-order valence-electron chi connectivity index (χ2n) is 3.96. The lowest BCUT2D eigenvalue weighted by molar-refractivity contribution is 0.0727. The van der Waals surface area contributed by atoms with Crippen LogP contribution in [0.5, 0.6) is 0 Å². The Balaban J connectivity index is 1.75. The lowest BCUT2D eigenvalue weighted by atomic mass is 10.1. The van der Waals surface area contributed by atoms with E-state index < -0.39 is 0 Å². The molecule has 4 heteroatoms. The number of nitrogens with one attached hydrogen (secondary N) is 1. The molecule has 0 unspecified atom stereocenters. The summed E-state index contributed by atoms with van der Waals surface area (Å²) in [6.45, 7) is 9.72. The van der Waals surface area contributed by atoms with E-state index in [9.17, 15) is 0 Å². The summed E-state index contributed by atoms with van der Waals surface area (Å²) in [4.78, 5) is 5.19. The van der Waals surface area contributed by atoms with Crippen molar-refractivity contribution >= 4 is 22.6 Å². The minimum Gasteiger partial charge on any atom is -0.314 e. The molecule has 2 fully saturated rings. The maximum Gasteiger partial charge on any atom is 0.0590 e. The van der Waals surface area contributed by atoms with Crippen molar-refractivity contribution in [3.05, 3.63) is 0 Å². The van der Waals surface area contributed by atoms with Crippen molar-refractivity contribution in [3.63, 3.8) is 0 Å². The van der Waals surface area contributed by atoms with E-state index in [4.69, 9.17) is 0 Å². The third-order valence-electron chi connectivity index (χ3n) is 3.13. The molecule has 0 aromatic heterocycles. The van der Waals surface area contributed by atoms with Crippen LogP contribution in [0.1, 0.15) is 6.92 Å². The number of rotatable bonds is 2. The van der Waals surface area contributed by atoms with Gasteiger partial charge in [0.05, 0.1) is 4.05 Å². The first-order valence-electron chi connectivity index (χ1n) is 5.10. The zero-order valence-corrected chi connectivity index (χ0v) is 10.3. The van der Waals surface area contributed by atoms with Crippen LogP contribution >= 0.6 is 22.6 Å². The Morgan fingerprint density at radius 1 is 1.23 bits per heavy atom. The molecule has 0 spiro atoms. The summed E-state index contributed by atoms with van der Waals surface area (Å²) in [6, 6.07) is 0.840. The quantitative estimate of drug-likeness (QED) is 0.451. The molecule has 1 atom stereocenters. The second-order valence-corrected chi connectivity index (χ2v) is 5.76. The van der Waals surface area contributed by atoms with Crippen LogP contribution in [0, 0.1) is 0 Å². The first-order valence-corrected chi connectivity index (χ1v) is 6.35. The molecular weight excluding hydrogens is 277 g/mol. The van der Waals surface area contributed by atoms with Crippen molar-refractivity contribution < 1.29 is 0 Å². The lowest BCUT2D eigenvalue weighted by Crippen LogP contribution is -2.61. The number of hydrogen-bond donors (Lipinski definition) is 1. The van der Waals surface area contributed by atoms with Gasteiger partial charge in [-0.1, -0.05) is 22.6 Å². The predicted molar refractivity (Wildman–Crippen MR) is 63.3 cm³/mol. The van der Waals surface area contributed by atoms with Gasteiger partial charge in [0.2, 0.25) is 0 Å². The Bertz CT molecular complexity index is 162. The van der Waals surface area contributed by atoms with Crippen molar-refractivity contribution in [1.29, 1.82) is 0 Å². The summed E-state index contributed by atoms with van der Waals surface area (Å²) >= 11 is 2.50. The number of alkyl halides is 1. The average Bonchev–Trinajstić information content (AvgIpc) is 2.02. The van der Waals surface area contributed by atoms with Gasteiger partial charge in [0.25, 0.3) is 0 Å². The van der Waals surface area contributed by atoms with Crippen LogP contribution in [-0.2, 0) is 0 Å². The molecule has 0 aromatic carbocycles. The fourth-order valence-corrected chi connectivity index (χ4v) is 2.55. The second kappa shape index (κ2) is 4.42. The van der Waals surface area contributed by atoms with Gasteiger partial charge in [-0.15, -0.1) is 0 Å². The molecule has 0 saturated carbocycles. The normalized spacial score (nSPS) is 30.0. The highest BCUT2D eigenvalue weighted by Crippen LogP contribution is 2.14. The minimum atomic E-state index is 0.694. The Kier molecular flexibility index (Phi) is 3.45. The summed E-state index contributed by atoms with van der Waals surface area (Å²) in [5.74, 6) is 0. The molecule has 2 heterocycles. The van der Waals surface area contributed by atoms with Gasteiger partial charge in [0.1, 0.15) is 0 Å². The fraction of sp³-hybridized carbons (Fsp3) is 1.00. The number of piperazine rings is 1. The molecule has 2 rings (SSSR count). The molecule has 0 aromatic rings. The molecule has 13 heavy (non-hydrogen) atoms. The SMILES string of the molecule is C[C@H](I)N1CCN(C2CNC2)CC1. The molecule has 0 amide bonds. The Labute approximate surface area is 94.0 Å². The molecular formula is C9H18IN3.